The van der Waals surface area contributed by atoms with Crippen LogP contribution in [0.2, 0.25) is 0 Å². The first kappa shape index (κ1) is 21.8. The molecule has 0 saturated carbocycles. The van der Waals surface area contributed by atoms with E-state index < -0.39 is 0 Å². The second-order valence-electron chi connectivity index (χ2n) is 5.42. The summed E-state index contributed by atoms with van der Waals surface area (Å²) in [4.78, 5) is 18.1. The number of halogens is 1. The van der Waals surface area contributed by atoms with Crippen molar-refractivity contribution >= 4 is 35.8 Å². The van der Waals surface area contributed by atoms with Crippen LogP contribution in [0.1, 0.15) is 11.3 Å². The highest BCUT2D eigenvalue weighted by Crippen LogP contribution is 2.18. The highest BCUT2D eigenvalue weighted by Gasteiger charge is 2.11. The van der Waals surface area contributed by atoms with Gasteiger partial charge in [0.25, 0.3) is 0 Å². The highest BCUT2D eigenvalue weighted by molar-refractivity contribution is 14.0. The average molecular weight is 472 g/mol. The molecule has 0 aliphatic heterocycles. The van der Waals surface area contributed by atoms with E-state index in [0.29, 0.717) is 24.8 Å². The predicted molar refractivity (Wildman–Crippen MR) is 112 cm³/mol. The molecule has 0 saturated heterocycles. The van der Waals surface area contributed by atoms with Gasteiger partial charge in [0.2, 0.25) is 5.91 Å². The van der Waals surface area contributed by atoms with Crippen molar-refractivity contribution in [2.45, 2.75) is 13.1 Å². The standard InChI is InChI=1S/C18H24N4O3.HI/c1-19-18(21-12-17(23)20-11-15-8-6-10-25-15)22(2)13-14-7-4-5-9-16(14)24-3;/h4-10H,11-13H2,1-3H3,(H,19,21)(H,20,23);1H. The van der Waals surface area contributed by atoms with Gasteiger partial charge < -0.3 is 24.7 Å². The molecule has 1 heterocycles. The number of rotatable bonds is 7. The van der Waals surface area contributed by atoms with Gasteiger partial charge in [-0.25, -0.2) is 0 Å². The van der Waals surface area contributed by atoms with E-state index >= 15 is 0 Å². The van der Waals surface area contributed by atoms with Crippen molar-refractivity contribution in [3.8, 4) is 5.75 Å². The molecule has 0 radical (unpaired) electrons. The van der Waals surface area contributed by atoms with Crippen LogP contribution in [-0.4, -0.2) is 44.5 Å². The van der Waals surface area contributed by atoms with Crippen LogP contribution in [0.5, 0.6) is 5.75 Å². The minimum atomic E-state index is -0.136. The summed E-state index contributed by atoms with van der Waals surface area (Å²) in [7, 11) is 5.24. The van der Waals surface area contributed by atoms with Crippen LogP contribution in [0.4, 0.5) is 0 Å². The molecule has 2 N–H and O–H groups in total. The first-order valence-corrected chi connectivity index (χ1v) is 7.96. The Morgan fingerprint density at radius 3 is 2.65 bits per heavy atom. The van der Waals surface area contributed by atoms with Crippen molar-refractivity contribution in [1.82, 2.24) is 15.5 Å². The summed E-state index contributed by atoms with van der Waals surface area (Å²) in [5.41, 5.74) is 1.04. The lowest BCUT2D eigenvalue weighted by atomic mass is 10.2. The molecule has 26 heavy (non-hydrogen) atoms. The molecule has 1 aromatic carbocycles. The Balaban J connectivity index is 0.00000338. The third-order valence-corrected chi connectivity index (χ3v) is 3.62. The van der Waals surface area contributed by atoms with E-state index in [1.165, 1.54) is 0 Å². The Hall–Kier alpha value is -2.23. The average Bonchev–Trinajstić information content (AvgIpc) is 3.14. The van der Waals surface area contributed by atoms with E-state index in [4.69, 9.17) is 9.15 Å². The van der Waals surface area contributed by atoms with Crippen LogP contribution in [0, 0.1) is 0 Å². The number of ether oxygens (including phenoxy) is 1. The Kier molecular flexibility index (Phi) is 9.56. The topological polar surface area (TPSA) is 79.1 Å². The molecule has 0 aliphatic carbocycles. The number of guanidine groups is 1. The van der Waals surface area contributed by atoms with Gasteiger partial charge in [0.05, 0.1) is 26.5 Å². The molecule has 142 valence electrons. The van der Waals surface area contributed by atoms with Crippen molar-refractivity contribution < 1.29 is 13.9 Å². The number of nitrogens with zero attached hydrogens (tertiary/aromatic N) is 2. The molecule has 0 aliphatic rings. The maximum Gasteiger partial charge on any atom is 0.239 e. The number of furan rings is 1. The largest absolute Gasteiger partial charge is 0.496 e. The van der Waals surface area contributed by atoms with Gasteiger partial charge in [-0.1, -0.05) is 18.2 Å². The summed E-state index contributed by atoms with van der Waals surface area (Å²) in [5, 5.41) is 5.83. The lowest BCUT2D eigenvalue weighted by molar-refractivity contribution is -0.120. The van der Waals surface area contributed by atoms with Gasteiger partial charge in [-0.3, -0.25) is 9.79 Å². The van der Waals surface area contributed by atoms with Crippen molar-refractivity contribution in [2.75, 3.05) is 27.7 Å². The zero-order chi connectivity index (χ0) is 18.1. The van der Waals surface area contributed by atoms with Crippen LogP contribution in [0.15, 0.2) is 52.1 Å². The maximum atomic E-state index is 11.9. The first-order chi connectivity index (χ1) is 12.1. The van der Waals surface area contributed by atoms with Crippen LogP contribution < -0.4 is 15.4 Å². The SMILES string of the molecule is CN=C(NCC(=O)NCc1ccco1)N(C)Cc1ccccc1OC.I. The van der Waals surface area contributed by atoms with Gasteiger partial charge >= 0.3 is 0 Å². The molecular weight excluding hydrogens is 447 g/mol. The number of benzene rings is 1. The third kappa shape index (κ3) is 6.58. The molecule has 0 spiro atoms. The number of carbonyl (C=O) groups is 1. The molecule has 0 bridgehead atoms. The zero-order valence-electron chi connectivity index (χ0n) is 15.2. The van der Waals surface area contributed by atoms with Crippen LogP contribution in [0.3, 0.4) is 0 Å². The number of amides is 1. The van der Waals surface area contributed by atoms with E-state index in [9.17, 15) is 4.79 Å². The summed E-state index contributed by atoms with van der Waals surface area (Å²) < 4.78 is 10.5. The molecule has 0 fully saturated rings. The van der Waals surface area contributed by atoms with Gasteiger partial charge in [0.1, 0.15) is 11.5 Å². The third-order valence-electron chi connectivity index (χ3n) is 3.62. The number of aliphatic imine (C=N–C) groups is 1. The Labute approximate surface area is 170 Å². The fourth-order valence-electron chi connectivity index (χ4n) is 2.37. The molecule has 8 heteroatoms. The zero-order valence-corrected chi connectivity index (χ0v) is 17.5. The highest BCUT2D eigenvalue weighted by atomic mass is 127. The number of hydrogen-bond acceptors (Lipinski definition) is 4. The summed E-state index contributed by atoms with van der Waals surface area (Å²) >= 11 is 0. The van der Waals surface area contributed by atoms with Gasteiger partial charge in [0, 0.05) is 26.2 Å². The van der Waals surface area contributed by atoms with Crippen LogP contribution >= 0.6 is 24.0 Å². The Morgan fingerprint density at radius 2 is 2.00 bits per heavy atom. The Morgan fingerprint density at radius 1 is 1.23 bits per heavy atom. The summed E-state index contributed by atoms with van der Waals surface area (Å²) in [5.74, 6) is 2.02. The fraction of sp³-hybridized carbons (Fsp3) is 0.333. The molecular formula is C18H25IN4O3. The van der Waals surface area contributed by atoms with Gasteiger partial charge in [-0.2, -0.15) is 0 Å². The van der Waals surface area contributed by atoms with Crippen LogP contribution in [0.25, 0.3) is 0 Å². The number of carbonyl (C=O) groups excluding carboxylic acids is 1. The van der Waals surface area contributed by atoms with Crippen molar-refractivity contribution in [1.29, 1.82) is 0 Å². The number of para-hydroxylation sites is 1. The number of nitrogens with one attached hydrogen (secondary N) is 2. The van der Waals surface area contributed by atoms with Gasteiger partial charge in [-0.15, -0.1) is 24.0 Å². The van der Waals surface area contributed by atoms with Crippen molar-refractivity contribution in [3.05, 3.63) is 54.0 Å². The van der Waals surface area contributed by atoms with Crippen molar-refractivity contribution in [2.24, 2.45) is 4.99 Å². The van der Waals surface area contributed by atoms with Crippen molar-refractivity contribution in [3.63, 3.8) is 0 Å². The van der Waals surface area contributed by atoms with Gasteiger partial charge in [0.15, 0.2) is 5.96 Å². The summed E-state index contributed by atoms with van der Waals surface area (Å²) in [6.07, 6.45) is 1.58. The number of hydrogen-bond donors (Lipinski definition) is 2. The smallest absolute Gasteiger partial charge is 0.239 e. The molecule has 1 amide bonds. The summed E-state index contributed by atoms with van der Waals surface area (Å²) in [6.45, 7) is 1.10. The minimum Gasteiger partial charge on any atom is -0.496 e. The van der Waals surface area contributed by atoms with E-state index in [1.807, 2.05) is 42.3 Å². The van der Waals surface area contributed by atoms with Gasteiger partial charge in [-0.05, 0) is 18.2 Å². The fourth-order valence-corrected chi connectivity index (χ4v) is 2.37. The quantitative estimate of drug-likeness (QED) is 0.367. The first-order valence-electron chi connectivity index (χ1n) is 7.96. The van der Waals surface area contributed by atoms with Crippen LogP contribution in [-0.2, 0) is 17.9 Å². The molecule has 2 aromatic rings. The lowest BCUT2D eigenvalue weighted by Gasteiger charge is -2.22. The monoisotopic (exact) mass is 472 g/mol. The van der Waals surface area contributed by atoms with E-state index in [1.54, 1.807) is 26.5 Å². The molecule has 7 nitrogen and oxygen atoms in total. The van der Waals surface area contributed by atoms with E-state index in [-0.39, 0.29) is 36.4 Å². The Bertz CT molecular complexity index is 704. The summed E-state index contributed by atoms with van der Waals surface area (Å²) in [6, 6.07) is 11.4. The normalized spacial score (nSPS) is 10.7. The minimum absolute atomic E-state index is 0. The molecule has 0 unspecified atom stereocenters. The maximum absolute atomic E-state index is 11.9. The van der Waals surface area contributed by atoms with E-state index in [0.717, 1.165) is 11.3 Å². The molecule has 1 aromatic heterocycles. The second kappa shape index (κ2) is 11.4. The molecule has 0 atom stereocenters. The predicted octanol–water partition coefficient (Wildman–Crippen LogP) is 2.23. The second-order valence-corrected chi connectivity index (χ2v) is 5.42. The number of methoxy groups -OCH3 is 1. The van der Waals surface area contributed by atoms with E-state index in [2.05, 4.69) is 15.6 Å². The molecule has 2 rings (SSSR count). The lowest BCUT2D eigenvalue weighted by Crippen LogP contribution is -2.43.